The topological polar surface area (TPSA) is 34.1 Å². The number of ether oxygens (including phenoxy) is 1. The number of nitrogens with zero attached hydrogens (tertiary/aromatic N) is 1. The lowest BCUT2D eigenvalue weighted by Crippen LogP contribution is -2.15. The summed E-state index contributed by atoms with van der Waals surface area (Å²) in [6, 6.07) is 10.3. The summed E-state index contributed by atoms with van der Waals surface area (Å²) in [6.07, 6.45) is 4.36. The van der Waals surface area contributed by atoms with Crippen LogP contribution in [-0.4, -0.2) is 11.0 Å². The molecule has 1 heterocycles. The number of nitrogens with one attached hydrogen (secondary N) is 1. The summed E-state index contributed by atoms with van der Waals surface area (Å²) in [7, 11) is 0. The lowest BCUT2D eigenvalue weighted by molar-refractivity contribution is 0.458. The van der Waals surface area contributed by atoms with E-state index < -0.39 is 0 Å². The molecule has 1 aromatic heterocycles. The second kappa shape index (κ2) is 5.81. The second-order valence-electron chi connectivity index (χ2n) is 5.17. The first kappa shape index (κ1) is 13.4. The molecule has 20 heavy (non-hydrogen) atoms. The molecule has 0 amide bonds. The number of hydrogen-bond donors (Lipinski definition) is 1. The zero-order chi connectivity index (χ0) is 13.9. The molecule has 4 heteroatoms. The monoisotopic (exact) mass is 288 g/mol. The molecule has 0 atom stereocenters. The second-order valence-corrected chi connectivity index (χ2v) is 5.61. The molecule has 1 aliphatic rings. The van der Waals surface area contributed by atoms with Crippen molar-refractivity contribution in [2.24, 2.45) is 0 Å². The molecule has 0 unspecified atom stereocenters. The minimum atomic E-state index is 0.616. The highest BCUT2D eigenvalue weighted by atomic mass is 35.5. The molecule has 1 saturated carbocycles. The van der Waals surface area contributed by atoms with Crippen LogP contribution in [0.1, 0.15) is 24.0 Å². The van der Waals surface area contributed by atoms with Crippen LogP contribution in [0, 0.1) is 6.92 Å². The fourth-order valence-corrected chi connectivity index (χ4v) is 2.23. The minimum absolute atomic E-state index is 0.616. The molecule has 1 N–H and O–H groups in total. The number of benzene rings is 1. The Morgan fingerprint density at radius 2 is 2.15 bits per heavy atom. The average molecular weight is 289 g/mol. The van der Waals surface area contributed by atoms with Gasteiger partial charge in [0.2, 0.25) is 5.88 Å². The van der Waals surface area contributed by atoms with Gasteiger partial charge >= 0.3 is 0 Å². The summed E-state index contributed by atoms with van der Waals surface area (Å²) in [6.45, 7) is 2.84. The van der Waals surface area contributed by atoms with Gasteiger partial charge < -0.3 is 10.1 Å². The van der Waals surface area contributed by atoms with Gasteiger partial charge in [-0.1, -0.05) is 11.6 Å². The van der Waals surface area contributed by atoms with Crippen molar-refractivity contribution < 1.29 is 4.74 Å². The molecule has 0 saturated heterocycles. The van der Waals surface area contributed by atoms with Crippen molar-refractivity contribution in [3.63, 3.8) is 0 Å². The molecule has 1 aliphatic carbocycles. The lowest BCUT2D eigenvalue weighted by Gasteiger charge is -2.09. The van der Waals surface area contributed by atoms with E-state index in [1.54, 1.807) is 6.20 Å². The Bertz CT molecular complexity index is 611. The van der Waals surface area contributed by atoms with Crippen molar-refractivity contribution in [1.29, 1.82) is 0 Å². The maximum atomic E-state index is 5.94. The molecule has 3 nitrogen and oxygen atoms in total. The summed E-state index contributed by atoms with van der Waals surface area (Å²) < 4.78 is 5.83. The summed E-state index contributed by atoms with van der Waals surface area (Å²) >= 11 is 5.94. The molecule has 0 aliphatic heterocycles. The number of aryl methyl sites for hydroxylation is 1. The third-order valence-corrected chi connectivity index (χ3v) is 3.56. The highest BCUT2D eigenvalue weighted by Gasteiger charge is 2.19. The normalized spacial score (nSPS) is 14.3. The quantitative estimate of drug-likeness (QED) is 0.900. The molecule has 0 bridgehead atoms. The molecular weight excluding hydrogens is 272 g/mol. The Morgan fingerprint density at radius 3 is 2.90 bits per heavy atom. The SMILES string of the molecule is Cc1cc(Cl)ccc1Oc1cc(CNC2CC2)ccn1. The van der Waals surface area contributed by atoms with Gasteiger partial charge in [0.25, 0.3) is 0 Å². The number of halogens is 1. The van der Waals surface area contributed by atoms with Crippen molar-refractivity contribution in [3.8, 4) is 11.6 Å². The van der Waals surface area contributed by atoms with Crippen molar-refractivity contribution in [1.82, 2.24) is 10.3 Å². The van der Waals surface area contributed by atoms with Crippen molar-refractivity contribution in [3.05, 3.63) is 52.7 Å². The maximum Gasteiger partial charge on any atom is 0.219 e. The highest BCUT2D eigenvalue weighted by Crippen LogP contribution is 2.26. The smallest absolute Gasteiger partial charge is 0.219 e. The Balaban J connectivity index is 1.70. The van der Waals surface area contributed by atoms with Crippen molar-refractivity contribution in [2.75, 3.05) is 0 Å². The van der Waals surface area contributed by atoms with Gasteiger partial charge in [0.1, 0.15) is 5.75 Å². The Morgan fingerprint density at radius 1 is 1.30 bits per heavy atom. The predicted molar refractivity (Wildman–Crippen MR) is 80.4 cm³/mol. The largest absolute Gasteiger partial charge is 0.439 e. The number of hydrogen-bond acceptors (Lipinski definition) is 3. The van der Waals surface area contributed by atoms with Crippen LogP contribution in [0.3, 0.4) is 0 Å². The third kappa shape index (κ3) is 3.50. The van der Waals surface area contributed by atoms with Gasteiger partial charge in [-0.3, -0.25) is 0 Å². The third-order valence-electron chi connectivity index (χ3n) is 3.32. The fraction of sp³-hybridized carbons (Fsp3) is 0.312. The zero-order valence-corrected chi connectivity index (χ0v) is 12.2. The number of pyridine rings is 1. The van der Waals surface area contributed by atoms with Crippen LogP contribution in [0.15, 0.2) is 36.5 Å². The fourth-order valence-electron chi connectivity index (χ4n) is 2.01. The van der Waals surface area contributed by atoms with E-state index in [4.69, 9.17) is 16.3 Å². The van der Waals surface area contributed by atoms with E-state index in [2.05, 4.69) is 10.3 Å². The van der Waals surface area contributed by atoms with Crippen LogP contribution < -0.4 is 10.1 Å². The summed E-state index contributed by atoms with van der Waals surface area (Å²) in [4.78, 5) is 4.26. The van der Waals surface area contributed by atoms with Crippen LogP contribution in [0.5, 0.6) is 11.6 Å². The molecule has 2 aromatic rings. The first-order valence-corrected chi connectivity index (χ1v) is 7.21. The van der Waals surface area contributed by atoms with E-state index in [1.165, 1.54) is 18.4 Å². The van der Waals surface area contributed by atoms with Gasteiger partial charge in [-0.05, 0) is 55.2 Å². The van der Waals surface area contributed by atoms with Gasteiger partial charge in [0, 0.05) is 29.9 Å². The molecule has 0 spiro atoms. The van der Waals surface area contributed by atoms with Crippen LogP contribution in [0.25, 0.3) is 0 Å². The maximum absolute atomic E-state index is 5.94. The van der Waals surface area contributed by atoms with Crippen LogP contribution >= 0.6 is 11.6 Å². The van der Waals surface area contributed by atoms with Gasteiger partial charge in [0.05, 0.1) is 0 Å². The van der Waals surface area contributed by atoms with E-state index in [1.807, 2.05) is 37.3 Å². The number of rotatable bonds is 5. The van der Waals surface area contributed by atoms with Gasteiger partial charge in [-0.25, -0.2) is 4.98 Å². The Kier molecular flexibility index (Phi) is 3.90. The van der Waals surface area contributed by atoms with E-state index in [0.29, 0.717) is 16.9 Å². The summed E-state index contributed by atoms with van der Waals surface area (Å²) in [5, 5.41) is 4.20. The van der Waals surface area contributed by atoms with Crippen LogP contribution in [0.2, 0.25) is 5.02 Å². The summed E-state index contributed by atoms with van der Waals surface area (Å²) in [5.74, 6) is 1.40. The first-order chi connectivity index (χ1) is 9.70. The molecule has 1 fully saturated rings. The van der Waals surface area contributed by atoms with E-state index in [-0.39, 0.29) is 0 Å². The standard InChI is InChI=1S/C16H17ClN2O/c1-11-8-13(17)2-5-15(11)20-16-9-12(6-7-18-16)10-19-14-3-4-14/h2,5-9,14,19H,3-4,10H2,1H3. The molecule has 104 valence electrons. The van der Waals surface area contributed by atoms with E-state index in [0.717, 1.165) is 17.9 Å². The van der Waals surface area contributed by atoms with Gasteiger partial charge in [-0.15, -0.1) is 0 Å². The summed E-state index contributed by atoms with van der Waals surface area (Å²) in [5.41, 5.74) is 2.19. The lowest BCUT2D eigenvalue weighted by atomic mass is 10.2. The molecule has 1 aromatic carbocycles. The Hall–Kier alpha value is -1.58. The van der Waals surface area contributed by atoms with E-state index >= 15 is 0 Å². The average Bonchev–Trinajstić information content (AvgIpc) is 3.24. The van der Waals surface area contributed by atoms with Gasteiger partial charge in [0.15, 0.2) is 0 Å². The van der Waals surface area contributed by atoms with Crippen molar-refractivity contribution in [2.45, 2.75) is 32.4 Å². The molecule has 3 rings (SSSR count). The first-order valence-electron chi connectivity index (χ1n) is 6.83. The van der Waals surface area contributed by atoms with Crippen LogP contribution in [-0.2, 0) is 6.54 Å². The molecule has 0 radical (unpaired) electrons. The molecular formula is C16H17ClN2O. The van der Waals surface area contributed by atoms with Crippen LogP contribution in [0.4, 0.5) is 0 Å². The Labute approximate surface area is 123 Å². The van der Waals surface area contributed by atoms with E-state index in [9.17, 15) is 0 Å². The van der Waals surface area contributed by atoms with Gasteiger partial charge in [-0.2, -0.15) is 0 Å². The van der Waals surface area contributed by atoms with Crippen molar-refractivity contribution >= 4 is 11.6 Å². The minimum Gasteiger partial charge on any atom is -0.439 e. The predicted octanol–water partition coefficient (Wildman–Crippen LogP) is 4.09. The zero-order valence-electron chi connectivity index (χ0n) is 11.4. The number of aromatic nitrogens is 1. The highest BCUT2D eigenvalue weighted by molar-refractivity contribution is 6.30.